The van der Waals surface area contributed by atoms with Crippen LogP contribution in [0.4, 0.5) is 0 Å². The van der Waals surface area contributed by atoms with Crippen molar-refractivity contribution >= 4 is 34.2 Å². The molecule has 0 bridgehead atoms. The van der Waals surface area contributed by atoms with Crippen LogP contribution in [0.1, 0.15) is 39.8 Å². The van der Waals surface area contributed by atoms with Crippen LogP contribution in [0.3, 0.4) is 0 Å². The van der Waals surface area contributed by atoms with E-state index in [0.29, 0.717) is 30.3 Å². The Bertz CT molecular complexity index is 1190. The molecule has 1 fully saturated rings. The normalized spacial score (nSPS) is 15.5. The van der Waals surface area contributed by atoms with Crippen molar-refractivity contribution in [3.8, 4) is 0 Å². The fourth-order valence-corrected chi connectivity index (χ4v) is 5.07. The number of imidazole rings is 1. The third-order valence-electron chi connectivity index (χ3n) is 6.23. The Morgan fingerprint density at radius 1 is 1.03 bits per heavy atom. The Morgan fingerprint density at radius 2 is 1.79 bits per heavy atom. The lowest BCUT2D eigenvalue weighted by Crippen LogP contribution is -2.51. The second-order valence-electron chi connectivity index (χ2n) is 8.43. The molecule has 0 spiro atoms. The number of hydrogen-bond acceptors (Lipinski definition) is 4. The van der Waals surface area contributed by atoms with Crippen LogP contribution in [0.2, 0.25) is 0 Å². The summed E-state index contributed by atoms with van der Waals surface area (Å²) in [5.74, 6) is 1.08. The largest absolute Gasteiger partial charge is 0.342 e. The van der Waals surface area contributed by atoms with Crippen molar-refractivity contribution in [1.29, 1.82) is 0 Å². The Balaban J connectivity index is 1.27. The molecular weight excluding hydrogens is 432 g/mol. The van der Waals surface area contributed by atoms with Crippen molar-refractivity contribution in [3.05, 3.63) is 88.4 Å². The van der Waals surface area contributed by atoms with Gasteiger partial charge in [0.1, 0.15) is 11.9 Å². The molecule has 1 atom stereocenters. The molecule has 1 aliphatic rings. The zero-order valence-corrected chi connectivity index (χ0v) is 19.1. The number of para-hydroxylation sites is 2. The predicted molar refractivity (Wildman–Crippen MR) is 130 cm³/mol. The highest BCUT2D eigenvalue weighted by Crippen LogP contribution is 2.28. The lowest BCUT2D eigenvalue weighted by Gasteiger charge is -2.34. The first kappa shape index (κ1) is 21.4. The molecule has 6 nitrogen and oxygen atoms in total. The van der Waals surface area contributed by atoms with Crippen LogP contribution in [0, 0.1) is 0 Å². The van der Waals surface area contributed by atoms with E-state index in [1.54, 1.807) is 6.07 Å². The van der Waals surface area contributed by atoms with E-state index >= 15 is 0 Å². The number of rotatable bonds is 6. The number of carbonyl (C=O) groups is 2. The third kappa shape index (κ3) is 4.83. The van der Waals surface area contributed by atoms with Gasteiger partial charge in [-0.2, -0.15) is 0 Å². The van der Waals surface area contributed by atoms with Crippen LogP contribution >= 0.6 is 11.3 Å². The molecule has 2 N–H and O–H groups in total. The van der Waals surface area contributed by atoms with Crippen LogP contribution in [0.25, 0.3) is 11.0 Å². The molecule has 3 heterocycles. The molecule has 2 amide bonds. The molecule has 1 aliphatic heterocycles. The van der Waals surface area contributed by atoms with E-state index in [2.05, 4.69) is 10.3 Å². The van der Waals surface area contributed by atoms with Crippen molar-refractivity contribution in [2.24, 2.45) is 0 Å². The van der Waals surface area contributed by atoms with Crippen molar-refractivity contribution in [3.63, 3.8) is 0 Å². The first-order valence-corrected chi connectivity index (χ1v) is 12.2. The molecule has 7 heteroatoms. The van der Waals surface area contributed by atoms with Gasteiger partial charge in [0.05, 0.1) is 15.9 Å². The maximum atomic E-state index is 13.5. The summed E-state index contributed by atoms with van der Waals surface area (Å²) in [6.45, 7) is 1.31. The average Bonchev–Trinajstić information content (AvgIpc) is 3.54. The first-order valence-electron chi connectivity index (χ1n) is 11.3. The topological polar surface area (TPSA) is 78.1 Å². The predicted octanol–water partition coefficient (Wildman–Crippen LogP) is 4.37. The highest BCUT2D eigenvalue weighted by atomic mass is 32.1. The molecule has 168 valence electrons. The zero-order valence-electron chi connectivity index (χ0n) is 18.2. The Hall–Kier alpha value is -3.45. The molecule has 1 saturated heterocycles. The minimum Gasteiger partial charge on any atom is -0.342 e. The summed E-state index contributed by atoms with van der Waals surface area (Å²) in [5.41, 5.74) is 3.05. The fourth-order valence-electron chi connectivity index (χ4n) is 4.45. The van der Waals surface area contributed by atoms with Gasteiger partial charge in [-0.05, 0) is 42.0 Å². The summed E-state index contributed by atoms with van der Waals surface area (Å²) in [5, 5.41) is 4.85. The van der Waals surface area contributed by atoms with E-state index in [0.717, 1.165) is 35.3 Å². The number of nitrogens with one attached hydrogen (secondary N) is 2. The number of piperidine rings is 1. The van der Waals surface area contributed by atoms with Gasteiger partial charge in [0, 0.05) is 25.4 Å². The summed E-state index contributed by atoms with van der Waals surface area (Å²) in [6, 6.07) is 20.9. The summed E-state index contributed by atoms with van der Waals surface area (Å²) >= 11 is 1.38. The van der Waals surface area contributed by atoms with Crippen molar-refractivity contribution in [2.75, 3.05) is 13.1 Å². The van der Waals surface area contributed by atoms with Gasteiger partial charge in [-0.1, -0.05) is 48.5 Å². The first-order chi connectivity index (χ1) is 16.2. The smallest absolute Gasteiger partial charge is 0.262 e. The number of benzene rings is 2. The molecular formula is C26H26N4O2S. The summed E-state index contributed by atoms with van der Waals surface area (Å²) in [6.07, 6.45) is 2.17. The third-order valence-corrected chi connectivity index (χ3v) is 7.10. The second-order valence-corrected chi connectivity index (χ2v) is 9.38. The van der Waals surface area contributed by atoms with Crippen LogP contribution in [-0.2, 0) is 11.2 Å². The molecule has 2 aromatic heterocycles. The minimum absolute atomic E-state index is 0.0215. The zero-order chi connectivity index (χ0) is 22.6. The van der Waals surface area contributed by atoms with Crippen LogP contribution in [0.5, 0.6) is 0 Å². The molecule has 5 rings (SSSR count). The summed E-state index contributed by atoms with van der Waals surface area (Å²) in [4.78, 5) is 36.9. The Morgan fingerprint density at radius 3 is 2.52 bits per heavy atom. The molecule has 2 aromatic carbocycles. The lowest BCUT2D eigenvalue weighted by molar-refractivity contribution is -0.134. The standard InChI is InChI=1S/C26H26N4O2S/c31-25(23-11-6-16-33-23)29-22(17-18-7-2-1-3-8-18)26(32)30-14-12-19(13-15-30)24-27-20-9-4-5-10-21(20)28-24/h1-11,16,19,22H,12-15,17H2,(H,27,28)(H,29,31). The number of H-pyrrole nitrogens is 1. The average molecular weight is 459 g/mol. The van der Waals surface area contributed by atoms with Crippen molar-refractivity contribution in [2.45, 2.75) is 31.2 Å². The lowest BCUT2D eigenvalue weighted by atomic mass is 9.95. The van der Waals surface area contributed by atoms with Crippen molar-refractivity contribution in [1.82, 2.24) is 20.2 Å². The van der Waals surface area contributed by atoms with Gasteiger partial charge in [0.15, 0.2) is 0 Å². The molecule has 33 heavy (non-hydrogen) atoms. The van der Waals surface area contributed by atoms with E-state index in [4.69, 9.17) is 4.98 Å². The molecule has 4 aromatic rings. The number of aromatic amines is 1. The van der Waals surface area contributed by atoms with E-state index in [1.807, 2.05) is 70.9 Å². The van der Waals surface area contributed by atoms with Crippen molar-refractivity contribution < 1.29 is 9.59 Å². The number of aromatic nitrogens is 2. The quantitative estimate of drug-likeness (QED) is 0.450. The number of fused-ring (bicyclic) bond motifs is 1. The summed E-state index contributed by atoms with van der Waals surface area (Å²) < 4.78 is 0. The van der Waals surface area contributed by atoms with Gasteiger partial charge in [0.2, 0.25) is 5.91 Å². The number of carbonyl (C=O) groups excluding carboxylic acids is 2. The van der Waals surface area contributed by atoms with E-state index in [9.17, 15) is 9.59 Å². The Kier molecular flexibility index (Phi) is 6.21. The van der Waals surface area contributed by atoms with Crippen LogP contribution in [0.15, 0.2) is 72.1 Å². The molecule has 0 radical (unpaired) electrons. The van der Waals surface area contributed by atoms with Gasteiger partial charge in [-0.15, -0.1) is 11.3 Å². The van der Waals surface area contributed by atoms with Gasteiger partial charge < -0.3 is 15.2 Å². The number of thiophene rings is 1. The van der Waals surface area contributed by atoms with Gasteiger partial charge in [-0.3, -0.25) is 9.59 Å². The number of nitrogens with zero attached hydrogens (tertiary/aromatic N) is 2. The maximum absolute atomic E-state index is 13.5. The molecule has 0 aliphatic carbocycles. The molecule has 1 unspecified atom stereocenters. The number of amides is 2. The van der Waals surface area contributed by atoms with Gasteiger partial charge >= 0.3 is 0 Å². The number of hydrogen-bond donors (Lipinski definition) is 2. The van der Waals surface area contributed by atoms with E-state index < -0.39 is 6.04 Å². The minimum atomic E-state index is -0.593. The summed E-state index contributed by atoms with van der Waals surface area (Å²) in [7, 11) is 0. The Labute approximate surface area is 196 Å². The molecule has 0 saturated carbocycles. The SMILES string of the molecule is O=C(NC(Cc1ccccc1)C(=O)N1CCC(c2nc3ccccc3[nH]2)CC1)c1cccs1. The van der Waals surface area contributed by atoms with Crippen LogP contribution < -0.4 is 5.32 Å². The number of likely N-dealkylation sites (tertiary alicyclic amines) is 1. The highest BCUT2D eigenvalue weighted by Gasteiger charge is 2.31. The van der Waals surface area contributed by atoms with E-state index in [1.165, 1.54) is 11.3 Å². The van der Waals surface area contributed by atoms with E-state index in [-0.39, 0.29) is 11.8 Å². The highest BCUT2D eigenvalue weighted by molar-refractivity contribution is 7.12. The second kappa shape index (κ2) is 9.58. The monoisotopic (exact) mass is 458 g/mol. The fraction of sp³-hybridized carbons (Fsp3) is 0.269. The maximum Gasteiger partial charge on any atom is 0.262 e. The van der Waals surface area contributed by atoms with Gasteiger partial charge in [0.25, 0.3) is 5.91 Å². The van der Waals surface area contributed by atoms with Gasteiger partial charge in [-0.25, -0.2) is 4.98 Å². The van der Waals surface area contributed by atoms with Crippen LogP contribution in [-0.4, -0.2) is 45.8 Å².